The second-order valence-electron chi connectivity index (χ2n) is 5.44. The van der Waals surface area contributed by atoms with Gasteiger partial charge in [0.15, 0.2) is 11.5 Å². The van der Waals surface area contributed by atoms with Crippen molar-refractivity contribution in [2.75, 3.05) is 18.5 Å². The molecule has 0 aromatic heterocycles. The summed E-state index contributed by atoms with van der Waals surface area (Å²) in [4.78, 5) is 11.0. The third-order valence-electron chi connectivity index (χ3n) is 3.66. The number of benzene rings is 2. The van der Waals surface area contributed by atoms with Crippen LogP contribution >= 0.6 is 15.9 Å². The van der Waals surface area contributed by atoms with Gasteiger partial charge in [-0.05, 0) is 62.2 Å². The number of rotatable bonds is 8. The SMILES string of the molecule is CCOc1cc(Br)c(CNc2ccc(C(=O)O)cc2C)cc1OCC. The number of carboxylic acid groups (broad SMARTS) is 1. The molecule has 0 saturated carbocycles. The summed E-state index contributed by atoms with van der Waals surface area (Å²) in [6.07, 6.45) is 0. The number of aryl methyl sites for hydroxylation is 1. The summed E-state index contributed by atoms with van der Waals surface area (Å²) < 4.78 is 12.2. The third kappa shape index (κ3) is 4.89. The number of carboxylic acids is 1. The lowest BCUT2D eigenvalue weighted by Gasteiger charge is -2.16. The van der Waals surface area contributed by atoms with Crippen molar-refractivity contribution in [1.82, 2.24) is 0 Å². The van der Waals surface area contributed by atoms with E-state index in [1.54, 1.807) is 18.2 Å². The molecule has 5 nitrogen and oxygen atoms in total. The van der Waals surface area contributed by atoms with Gasteiger partial charge in [0.1, 0.15) is 0 Å². The van der Waals surface area contributed by atoms with Crippen molar-refractivity contribution in [2.24, 2.45) is 0 Å². The van der Waals surface area contributed by atoms with Crippen LogP contribution in [0.4, 0.5) is 5.69 Å². The van der Waals surface area contributed by atoms with E-state index in [9.17, 15) is 4.79 Å². The van der Waals surface area contributed by atoms with Crippen molar-refractivity contribution >= 4 is 27.6 Å². The zero-order valence-corrected chi connectivity index (χ0v) is 16.1. The Morgan fingerprint density at radius 2 is 1.76 bits per heavy atom. The Kier molecular flexibility index (Phi) is 6.70. The van der Waals surface area contributed by atoms with Crippen LogP contribution in [0.3, 0.4) is 0 Å². The summed E-state index contributed by atoms with van der Waals surface area (Å²) in [5, 5.41) is 12.4. The molecule has 0 amide bonds. The van der Waals surface area contributed by atoms with Gasteiger partial charge in [-0.3, -0.25) is 0 Å². The highest BCUT2D eigenvalue weighted by Gasteiger charge is 2.11. The Balaban J connectivity index is 2.20. The van der Waals surface area contributed by atoms with Gasteiger partial charge in [-0.25, -0.2) is 4.79 Å². The molecule has 0 bridgehead atoms. The summed E-state index contributed by atoms with van der Waals surface area (Å²) in [5.74, 6) is 0.495. The Labute approximate surface area is 156 Å². The van der Waals surface area contributed by atoms with Gasteiger partial charge < -0.3 is 19.9 Å². The van der Waals surface area contributed by atoms with E-state index in [1.165, 1.54) is 0 Å². The van der Waals surface area contributed by atoms with E-state index in [0.717, 1.165) is 21.3 Å². The second kappa shape index (κ2) is 8.76. The largest absolute Gasteiger partial charge is 0.490 e. The molecule has 134 valence electrons. The molecule has 2 rings (SSSR count). The van der Waals surface area contributed by atoms with Gasteiger partial charge in [-0.1, -0.05) is 15.9 Å². The minimum absolute atomic E-state index is 0.281. The van der Waals surface area contributed by atoms with Crippen LogP contribution in [0.2, 0.25) is 0 Å². The lowest BCUT2D eigenvalue weighted by Crippen LogP contribution is -2.05. The number of halogens is 1. The normalized spacial score (nSPS) is 10.4. The van der Waals surface area contributed by atoms with Gasteiger partial charge in [0.25, 0.3) is 0 Å². The van der Waals surface area contributed by atoms with Gasteiger partial charge in [-0.2, -0.15) is 0 Å². The van der Waals surface area contributed by atoms with E-state index in [1.807, 2.05) is 32.9 Å². The molecule has 0 spiro atoms. The summed E-state index contributed by atoms with van der Waals surface area (Å²) >= 11 is 3.57. The van der Waals surface area contributed by atoms with Crippen LogP contribution in [0.25, 0.3) is 0 Å². The van der Waals surface area contributed by atoms with Crippen LogP contribution in [0, 0.1) is 6.92 Å². The first kappa shape index (κ1) is 19.1. The van der Waals surface area contributed by atoms with Crippen LogP contribution in [-0.2, 0) is 6.54 Å². The van der Waals surface area contributed by atoms with E-state index in [0.29, 0.717) is 31.3 Å². The quantitative estimate of drug-likeness (QED) is 0.653. The Morgan fingerprint density at radius 3 is 2.32 bits per heavy atom. The summed E-state index contributed by atoms with van der Waals surface area (Å²) in [6, 6.07) is 8.89. The molecule has 0 heterocycles. The number of carbonyl (C=O) groups is 1. The van der Waals surface area contributed by atoms with Crippen LogP contribution in [0.5, 0.6) is 11.5 Å². The molecule has 0 radical (unpaired) electrons. The monoisotopic (exact) mass is 407 g/mol. The first-order chi connectivity index (χ1) is 12.0. The molecule has 0 unspecified atom stereocenters. The Hall–Kier alpha value is -2.21. The maximum Gasteiger partial charge on any atom is 0.335 e. The van der Waals surface area contributed by atoms with E-state index < -0.39 is 5.97 Å². The topological polar surface area (TPSA) is 67.8 Å². The maximum atomic E-state index is 11.0. The van der Waals surface area contributed by atoms with Crippen LogP contribution in [0.15, 0.2) is 34.8 Å². The molecule has 0 aliphatic heterocycles. The van der Waals surface area contributed by atoms with Gasteiger partial charge in [0.2, 0.25) is 0 Å². The lowest BCUT2D eigenvalue weighted by molar-refractivity contribution is 0.0697. The zero-order chi connectivity index (χ0) is 18.4. The number of ether oxygens (including phenoxy) is 2. The molecule has 0 aliphatic carbocycles. The van der Waals surface area contributed by atoms with Gasteiger partial charge in [0.05, 0.1) is 18.8 Å². The number of hydrogen-bond donors (Lipinski definition) is 2. The molecule has 25 heavy (non-hydrogen) atoms. The van der Waals surface area contributed by atoms with Gasteiger partial charge in [0, 0.05) is 16.7 Å². The van der Waals surface area contributed by atoms with Gasteiger partial charge >= 0.3 is 5.97 Å². The number of aromatic carboxylic acids is 1. The van der Waals surface area contributed by atoms with E-state index in [2.05, 4.69) is 21.2 Å². The molecular formula is C19H22BrNO4. The highest BCUT2D eigenvalue weighted by molar-refractivity contribution is 9.10. The predicted octanol–water partition coefficient (Wildman–Crippen LogP) is 4.87. The fourth-order valence-corrected chi connectivity index (χ4v) is 2.90. The average Bonchev–Trinajstić information content (AvgIpc) is 2.57. The van der Waals surface area contributed by atoms with Crippen LogP contribution < -0.4 is 14.8 Å². The van der Waals surface area contributed by atoms with Crippen molar-refractivity contribution in [2.45, 2.75) is 27.3 Å². The number of hydrogen-bond acceptors (Lipinski definition) is 4. The smallest absolute Gasteiger partial charge is 0.335 e. The number of nitrogens with one attached hydrogen (secondary N) is 1. The fraction of sp³-hybridized carbons (Fsp3) is 0.316. The van der Waals surface area contributed by atoms with E-state index in [-0.39, 0.29) is 5.56 Å². The minimum Gasteiger partial charge on any atom is -0.490 e. The molecule has 2 aromatic rings. The first-order valence-corrected chi connectivity index (χ1v) is 8.91. The Morgan fingerprint density at radius 1 is 1.12 bits per heavy atom. The molecule has 2 aromatic carbocycles. The van der Waals surface area contributed by atoms with Crippen molar-refractivity contribution < 1.29 is 19.4 Å². The van der Waals surface area contributed by atoms with Crippen molar-refractivity contribution in [3.8, 4) is 11.5 Å². The van der Waals surface area contributed by atoms with Crippen molar-refractivity contribution in [3.63, 3.8) is 0 Å². The molecule has 0 fully saturated rings. The summed E-state index contributed by atoms with van der Waals surface area (Å²) in [6.45, 7) is 7.45. The molecule has 2 N–H and O–H groups in total. The predicted molar refractivity (Wildman–Crippen MR) is 102 cm³/mol. The highest BCUT2D eigenvalue weighted by atomic mass is 79.9. The molecule has 0 aliphatic rings. The standard InChI is InChI=1S/C19H22BrNO4/c1-4-24-17-9-14(15(20)10-18(17)25-5-2)11-21-16-7-6-13(19(22)23)8-12(16)3/h6-10,21H,4-5,11H2,1-3H3,(H,22,23). The number of anilines is 1. The Bertz CT molecular complexity index is 761. The summed E-state index contributed by atoms with van der Waals surface area (Å²) in [7, 11) is 0. The highest BCUT2D eigenvalue weighted by Crippen LogP contribution is 2.34. The van der Waals surface area contributed by atoms with E-state index in [4.69, 9.17) is 14.6 Å². The fourth-order valence-electron chi connectivity index (χ4n) is 2.43. The van der Waals surface area contributed by atoms with Crippen molar-refractivity contribution in [1.29, 1.82) is 0 Å². The van der Waals surface area contributed by atoms with E-state index >= 15 is 0 Å². The van der Waals surface area contributed by atoms with Gasteiger partial charge in [-0.15, -0.1) is 0 Å². The molecule has 0 atom stereocenters. The third-order valence-corrected chi connectivity index (χ3v) is 4.39. The maximum absolute atomic E-state index is 11.0. The zero-order valence-electron chi connectivity index (χ0n) is 14.6. The molecule has 6 heteroatoms. The summed E-state index contributed by atoms with van der Waals surface area (Å²) in [5.41, 5.74) is 3.08. The minimum atomic E-state index is -0.926. The second-order valence-corrected chi connectivity index (χ2v) is 6.30. The van der Waals surface area contributed by atoms with Crippen LogP contribution in [0.1, 0.15) is 35.3 Å². The van der Waals surface area contributed by atoms with Crippen molar-refractivity contribution in [3.05, 3.63) is 51.5 Å². The average molecular weight is 408 g/mol. The first-order valence-electron chi connectivity index (χ1n) is 8.12. The molecule has 0 saturated heterocycles. The molecular weight excluding hydrogens is 386 g/mol. The van der Waals surface area contributed by atoms with Crippen LogP contribution in [-0.4, -0.2) is 24.3 Å². The lowest BCUT2D eigenvalue weighted by atomic mass is 10.1.